The molecule has 0 aliphatic carbocycles. The number of nitrogens with one attached hydrogen (secondary N) is 2. The second kappa shape index (κ2) is 10.6. The van der Waals surface area contributed by atoms with Gasteiger partial charge in [0.2, 0.25) is 0 Å². The van der Waals surface area contributed by atoms with E-state index in [1.165, 1.54) is 11.8 Å². The fourth-order valence-electron chi connectivity index (χ4n) is 4.97. The molecule has 0 saturated heterocycles. The maximum atomic E-state index is 12.1. The van der Waals surface area contributed by atoms with Crippen molar-refractivity contribution < 1.29 is 17.3 Å². The maximum Gasteiger partial charge on any atom is 0.283 e. The number of H-pyrrole nitrogens is 1. The molecule has 6 rings (SSSR count). The van der Waals surface area contributed by atoms with Crippen LogP contribution in [0.15, 0.2) is 77.0 Å². The second-order valence-electron chi connectivity index (χ2n) is 8.87. The Bertz CT molecular complexity index is 1670. The molecule has 2 atom stereocenters. The smallest absolute Gasteiger partial charge is 0.283 e. The minimum atomic E-state index is -0.354. The molecule has 1 aliphatic heterocycles. The zero-order chi connectivity index (χ0) is 25.7. The Morgan fingerprint density at radius 2 is 1.95 bits per heavy atom. The van der Waals surface area contributed by atoms with Gasteiger partial charge < -0.3 is 27.3 Å². The monoisotopic (exact) mass is 585 g/mol. The minimum absolute atomic E-state index is 0. The highest BCUT2D eigenvalue weighted by atomic mass is 35.5. The first-order valence-electron chi connectivity index (χ1n) is 11.5. The van der Waals surface area contributed by atoms with Gasteiger partial charge in [-0.15, -0.1) is 10.2 Å². The number of benzene rings is 3. The van der Waals surface area contributed by atoms with E-state index in [0.29, 0.717) is 26.6 Å². The Hall–Kier alpha value is -3.08. The molecule has 12 heteroatoms. The van der Waals surface area contributed by atoms with Gasteiger partial charge >= 0.3 is 0 Å². The van der Waals surface area contributed by atoms with Crippen molar-refractivity contribution >= 4 is 51.6 Å². The normalized spacial score (nSPS) is 16.7. The summed E-state index contributed by atoms with van der Waals surface area (Å²) >= 11 is 14.0. The molecule has 194 valence electrons. The third-order valence-corrected chi connectivity index (χ3v) is 8.34. The number of nitrogens with zero attached hydrogens (tertiary/aromatic N) is 4. The number of aromatic nitrogens is 4. The molecule has 2 unspecified atom stereocenters. The lowest BCUT2D eigenvalue weighted by Gasteiger charge is -2.32. The zero-order valence-corrected chi connectivity index (χ0v) is 22.9. The van der Waals surface area contributed by atoms with E-state index in [1.54, 1.807) is 36.1 Å². The summed E-state index contributed by atoms with van der Waals surface area (Å²) in [6.45, 7) is 0.601. The van der Waals surface area contributed by atoms with E-state index >= 15 is 0 Å². The predicted molar refractivity (Wildman–Crippen MR) is 145 cm³/mol. The lowest BCUT2D eigenvalue weighted by atomic mass is 9.83. The molecular formula is C26H20Cl3N6O2S-. The van der Waals surface area contributed by atoms with E-state index in [4.69, 9.17) is 23.2 Å². The number of hydrogen-bond acceptors (Lipinski definition) is 6. The van der Waals surface area contributed by atoms with Crippen LogP contribution in [0.3, 0.4) is 0 Å². The number of fused-ring (bicyclic) bond motifs is 3. The second-order valence-corrected chi connectivity index (χ2v) is 10.7. The first-order chi connectivity index (χ1) is 17.9. The number of hydrogen-bond donors (Lipinski definition) is 2. The molecule has 2 N–H and O–H groups in total. The van der Waals surface area contributed by atoms with E-state index in [1.807, 2.05) is 36.4 Å². The van der Waals surface area contributed by atoms with E-state index in [0.717, 1.165) is 33.3 Å². The average Bonchev–Trinajstić information content (AvgIpc) is 3.47. The van der Waals surface area contributed by atoms with Crippen LogP contribution in [0.2, 0.25) is 10.0 Å². The van der Waals surface area contributed by atoms with Crippen LogP contribution in [-0.4, -0.2) is 31.2 Å². The highest BCUT2D eigenvalue weighted by molar-refractivity contribution is 7.99. The number of rotatable bonds is 5. The largest absolute Gasteiger partial charge is 1.00 e. The van der Waals surface area contributed by atoms with Crippen LogP contribution in [0.4, 0.5) is 5.69 Å². The lowest BCUT2D eigenvalue weighted by Crippen LogP contribution is -3.00. The summed E-state index contributed by atoms with van der Waals surface area (Å²) < 4.78 is 1.73. The Labute approximate surface area is 238 Å². The topological polar surface area (TPSA) is 102 Å². The third-order valence-electron chi connectivity index (χ3n) is 6.66. The van der Waals surface area contributed by atoms with E-state index in [2.05, 4.69) is 26.6 Å². The first kappa shape index (κ1) is 26.5. The molecule has 0 bridgehead atoms. The molecule has 0 saturated carbocycles. The molecule has 0 fully saturated rings. The quantitative estimate of drug-likeness (QED) is 0.242. The van der Waals surface area contributed by atoms with Crippen LogP contribution in [-0.2, 0) is 7.05 Å². The highest BCUT2D eigenvalue weighted by Gasteiger charge is 2.34. The summed E-state index contributed by atoms with van der Waals surface area (Å²) in [6, 6.07) is 18.8. The number of nitro benzene ring substituents is 1. The van der Waals surface area contributed by atoms with Crippen LogP contribution < -0.4 is 17.7 Å². The van der Waals surface area contributed by atoms with Crippen molar-refractivity contribution in [3.63, 3.8) is 0 Å². The van der Waals surface area contributed by atoms with Gasteiger partial charge in [-0.25, -0.2) is 0 Å². The molecular weight excluding hydrogens is 567 g/mol. The van der Waals surface area contributed by atoms with E-state index in [9.17, 15) is 10.1 Å². The molecule has 3 aromatic carbocycles. The highest BCUT2D eigenvalue weighted by Crippen LogP contribution is 2.44. The molecule has 8 nitrogen and oxygen atoms in total. The van der Waals surface area contributed by atoms with E-state index < -0.39 is 0 Å². The zero-order valence-electron chi connectivity index (χ0n) is 19.9. The Balaban J connectivity index is 0.00000294. The van der Waals surface area contributed by atoms with Gasteiger partial charge in [-0.05, 0) is 52.7 Å². The fourth-order valence-corrected chi connectivity index (χ4v) is 6.36. The number of halogens is 3. The van der Waals surface area contributed by atoms with Crippen molar-refractivity contribution in [1.82, 2.24) is 25.1 Å². The van der Waals surface area contributed by atoms with Gasteiger partial charge in [-0.2, -0.15) is 0 Å². The van der Waals surface area contributed by atoms with Crippen LogP contribution in [0.25, 0.3) is 10.9 Å². The summed E-state index contributed by atoms with van der Waals surface area (Å²) in [7, 11) is 1.80. The Morgan fingerprint density at radius 3 is 2.68 bits per heavy atom. The molecule has 0 radical (unpaired) electrons. The predicted octanol–water partition coefficient (Wildman–Crippen LogP) is 3.49. The van der Waals surface area contributed by atoms with Crippen molar-refractivity contribution in [2.24, 2.45) is 7.05 Å². The molecule has 5 aromatic rings. The molecule has 0 spiro atoms. The van der Waals surface area contributed by atoms with Gasteiger partial charge in [0.05, 0.1) is 15.9 Å². The molecule has 3 heterocycles. The van der Waals surface area contributed by atoms with E-state index in [-0.39, 0.29) is 35.0 Å². The van der Waals surface area contributed by atoms with Gasteiger partial charge in [0.1, 0.15) is 6.33 Å². The summed E-state index contributed by atoms with van der Waals surface area (Å²) in [4.78, 5) is 15.8. The molecule has 1 aliphatic rings. The summed E-state index contributed by atoms with van der Waals surface area (Å²) in [5.74, 6) is -0.0205. The van der Waals surface area contributed by atoms with Crippen molar-refractivity contribution in [3.05, 3.63) is 110 Å². The SMILES string of the molecule is Cn1cnnc1Sc1ccc(C2NCC(c3ccc(Cl)cc3Cl)c3c2[nH]c2ccccc32)cc1[N+](=O)[O-].[Cl-]. The number of aromatic amines is 1. The molecule has 38 heavy (non-hydrogen) atoms. The maximum absolute atomic E-state index is 12.1. The fraction of sp³-hybridized carbons (Fsp3) is 0.154. The first-order valence-corrected chi connectivity index (χ1v) is 13.1. The average molecular weight is 587 g/mol. The number of para-hydroxylation sites is 1. The Morgan fingerprint density at radius 1 is 1.13 bits per heavy atom. The standard InChI is InChI=1S/C26H20Cl2N6O2S.ClH/c1-33-13-30-32-26(33)37-22-9-6-14(10-21(22)34(35)36)24-25-23(17-4-2-3-5-20(17)31-25)18(12-29-24)16-8-7-15(27)11-19(16)28;/h2-11,13,18,24,29,31H,12H2,1H3;1H/p-1. The number of aryl methyl sites for hydroxylation is 1. The van der Waals surface area contributed by atoms with Gasteiger partial charge in [0, 0.05) is 52.2 Å². The van der Waals surface area contributed by atoms with Crippen LogP contribution in [0, 0.1) is 10.1 Å². The van der Waals surface area contributed by atoms with Crippen molar-refractivity contribution in [3.8, 4) is 0 Å². The van der Waals surface area contributed by atoms with Crippen molar-refractivity contribution in [2.45, 2.75) is 22.0 Å². The number of nitro groups is 1. The van der Waals surface area contributed by atoms with Crippen LogP contribution in [0.1, 0.15) is 34.3 Å². The van der Waals surface area contributed by atoms with Crippen LogP contribution >= 0.6 is 35.0 Å². The van der Waals surface area contributed by atoms with Gasteiger partial charge in [0.15, 0.2) is 5.16 Å². The lowest BCUT2D eigenvalue weighted by molar-refractivity contribution is -0.387. The van der Waals surface area contributed by atoms with Gasteiger partial charge in [-0.1, -0.05) is 53.5 Å². The van der Waals surface area contributed by atoms with Crippen LogP contribution in [0.5, 0.6) is 0 Å². The third kappa shape index (κ3) is 4.65. The molecule has 0 amide bonds. The summed E-state index contributed by atoms with van der Waals surface area (Å²) in [5, 5.41) is 26.4. The van der Waals surface area contributed by atoms with Crippen molar-refractivity contribution in [2.75, 3.05) is 6.54 Å². The summed E-state index contributed by atoms with van der Waals surface area (Å²) in [6.07, 6.45) is 1.56. The van der Waals surface area contributed by atoms with Crippen molar-refractivity contribution in [1.29, 1.82) is 0 Å². The summed E-state index contributed by atoms with van der Waals surface area (Å²) in [5.41, 5.74) is 4.88. The Kier molecular flexibility index (Phi) is 7.39. The minimum Gasteiger partial charge on any atom is -1.00 e. The molecule has 2 aromatic heterocycles. The van der Waals surface area contributed by atoms with Gasteiger partial charge in [-0.3, -0.25) is 10.1 Å². The van der Waals surface area contributed by atoms with Gasteiger partial charge in [0.25, 0.3) is 5.69 Å².